The molecule has 1 aliphatic rings. The van der Waals surface area contributed by atoms with Crippen LogP contribution in [0, 0.1) is 11.8 Å². The Kier molecular flexibility index (Phi) is 5.01. The average molecular weight is 252 g/mol. The Hall–Kier alpha value is -0.380. The molecule has 3 N–H and O–H groups in total. The van der Waals surface area contributed by atoms with Crippen LogP contribution in [0.1, 0.15) is 44.6 Å². The van der Waals surface area contributed by atoms with Gasteiger partial charge in [-0.2, -0.15) is 11.3 Å². The van der Waals surface area contributed by atoms with Gasteiger partial charge in [-0.1, -0.05) is 19.8 Å². The second-order valence-corrected chi connectivity index (χ2v) is 6.26. The number of nitrogens with two attached hydrogens (primary N) is 1. The smallest absolute Gasteiger partial charge is 0.0242 e. The fourth-order valence-corrected chi connectivity index (χ4v) is 3.76. The second kappa shape index (κ2) is 6.53. The van der Waals surface area contributed by atoms with Gasteiger partial charge < -0.3 is 0 Å². The summed E-state index contributed by atoms with van der Waals surface area (Å²) in [6.07, 6.45) is 7.80. The normalized spacial score (nSPS) is 26.9. The minimum absolute atomic E-state index is 0.498. The minimum Gasteiger partial charge on any atom is -0.271 e. The molecule has 96 valence electrons. The summed E-state index contributed by atoms with van der Waals surface area (Å²) in [7, 11) is 0. The summed E-state index contributed by atoms with van der Waals surface area (Å²) < 4.78 is 0. The maximum absolute atomic E-state index is 5.74. The Morgan fingerprint density at radius 2 is 2.41 bits per heavy atom. The van der Waals surface area contributed by atoms with Gasteiger partial charge in [0.05, 0.1) is 0 Å². The lowest BCUT2D eigenvalue weighted by atomic mass is 9.77. The fraction of sp³-hybridized carbons (Fsp3) is 0.714. The van der Waals surface area contributed by atoms with Crippen molar-refractivity contribution in [3.8, 4) is 0 Å². The predicted octanol–water partition coefficient (Wildman–Crippen LogP) is 3.34. The Balaban J connectivity index is 1.83. The molecule has 3 atom stereocenters. The summed E-state index contributed by atoms with van der Waals surface area (Å²) >= 11 is 1.78. The SMILES string of the molecule is CC1CCCC(C(CCc2ccsc2)NN)C1. The Morgan fingerprint density at radius 1 is 1.53 bits per heavy atom. The highest BCUT2D eigenvalue weighted by atomic mass is 32.1. The van der Waals surface area contributed by atoms with E-state index in [2.05, 4.69) is 29.2 Å². The Labute approximate surface area is 109 Å². The van der Waals surface area contributed by atoms with Gasteiger partial charge in [0, 0.05) is 6.04 Å². The highest BCUT2D eigenvalue weighted by molar-refractivity contribution is 7.07. The van der Waals surface area contributed by atoms with Gasteiger partial charge in [0.15, 0.2) is 0 Å². The number of hydrogen-bond acceptors (Lipinski definition) is 3. The first-order valence-corrected chi connectivity index (χ1v) is 7.71. The van der Waals surface area contributed by atoms with Crippen molar-refractivity contribution in [3.05, 3.63) is 22.4 Å². The first-order valence-electron chi connectivity index (χ1n) is 6.76. The van der Waals surface area contributed by atoms with E-state index in [4.69, 9.17) is 5.84 Å². The van der Waals surface area contributed by atoms with Gasteiger partial charge in [-0.05, 0) is 59.9 Å². The Morgan fingerprint density at radius 3 is 3.06 bits per heavy atom. The van der Waals surface area contributed by atoms with Crippen LogP contribution < -0.4 is 11.3 Å². The number of hydrazine groups is 1. The zero-order chi connectivity index (χ0) is 12.1. The summed E-state index contributed by atoms with van der Waals surface area (Å²) in [5, 5.41) is 4.40. The first kappa shape index (κ1) is 13.1. The van der Waals surface area contributed by atoms with Crippen LogP contribution in [0.2, 0.25) is 0 Å². The molecule has 1 aromatic rings. The monoisotopic (exact) mass is 252 g/mol. The molecule has 1 heterocycles. The number of rotatable bonds is 5. The molecule has 2 rings (SSSR count). The number of aryl methyl sites for hydroxylation is 1. The van der Waals surface area contributed by atoms with Gasteiger partial charge in [-0.3, -0.25) is 11.3 Å². The molecule has 0 radical (unpaired) electrons. The molecular formula is C14H24N2S. The van der Waals surface area contributed by atoms with Crippen molar-refractivity contribution in [3.63, 3.8) is 0 Å². The molecule has 3 heteroatoms. The van der Waals surface area contributed by atoms with E-state index in [1.807, 2.05) is 0 Å². The van der Waals surface area contributed by atoms with E-state index < -0.39 is 0 Å². The van der Waals surface area contributed by atoms with Crippen molar-refractivity contribution in [1.29, 1.82) is 0 Å². The predicted molar refractivity (Wildman–Crippen MR) is 74.9 cm³/mol. The summed E-state index contributed by atoms with van der Waals surface area (Å²) in [5.74, 6) is 7.40. The highest BCUT2D eigenvalue weighted by Crippen LogP contribution is 2.32. The zero-order valence-corrected chi connectivity index (χ0v) is 11.5. The molecule has 1 saturated carbocycles. The van der Waals surface area contributed by atoms with Crippen LogP contribution in [0.5, 0.6) is 0 Å². The lowest BCUT2D eigenvalue weighted by molar-refractivity contribution is 0.216. The molecule has 0 aliphatic heterocycles. The molecule has 3 unspecified atom stereocenters. The van der Waals surface area contributed by atoms with Crippen molar-refractivity contribution in [2.75, 3.05) is 0 Å². The van der Waals surface area contributed by atoms with E-state index in [0.717, 1.165) is 18.3 Å². The third kappa shape index (κ3) is 3.80. The van der Waals surface area contributed by atoms with E-state index in [0.29, 0.717) is 6.04 Å². The van der Waals surface area contributed by atoms with Crippen LogP contribution >= 0.6 is 11.3 Å². The molecule has 0 amide bonds. The summed E-state index contributed by atoms with van der Waals surface area (Å²) in [4.78, 5) is 0. The third-order valence-corrected chi connectivity index (χ3v) is 4.82. The van der Waals surface area contributed by atoms with Gasteiger partial charge in [0.1, 0.15) is 0 Å². The van der Waals surface area contributed by atoms with Crippen molar-refractivity contribution < 1.29 is 0 Å². The highest BCUT2D eigenvalue weighted by Gasteiger charge is 2.25. The number of nitrogens with one attached hydrogen (secondary N) is 1. The lowest BCUT2D eigenvalue weighted by Gasteiger charge is -2.33. The summed E-state index contributed by atoms with van der Waals surface area (Å²) in [6.45, 7) is 2.37. The van der Waals surface area contributed by atoms with Gasteiger partial charge >= 0.3 is 0 Å². The van der Waals surface area contributed by atoms with E-state index in [9.17, 15) is 0 Å². The van der Waals surface area contributed by atoms with Crippen LogP contribution in [0.25, 0.3) is 0 Å². The molecular weight excluding hydrogens is 228 g/mol. The molecule has 2 nitrogen and oxygen atoms in total. The lowest BCUT2D eigenvalue weighted by Crippen LogP contribution is -2.42. The van der Waals surface area contributed by atoms with Crippen molar-refractivity contribution >= 4 is 11.3 Å². The van der Waals surface area contributed by atoms with Crippen molar-refractivity contribution in [2.45, 2.75) is 51.5 Å². The standard InChI is InChI=1S/C14H24N2S/c1-11-3-2-4-13(9-11)14(16-15)6-5-12-7-8-17-10-12/h7-8,10-11,13-14,16H,2-6,9,15H2,1H3. The summed E-state index contributed by atoms with van der Waals surface area (Å²) in [6, 6.07) is 2.72. The third-order valence-electron chi connectivity index (χ3n) is 4.08. The molecule has 0 saturated heterocycles. The maximum Gasteiger partial charge on any atom is 0.0242 e. The molecule has 17 heavy (non-hydrogen) atoms. The van der Waals surface area contributed by atoms with Crippen LogP contribution in [0.15, 0.2) is 16.8 Å². The molecule has 0 bridgehead atoms. The number of thiophene rings is 1. The number of hydrogen-bond donors (Lipinski definition) is 2. The quantitative estimate of drug-likeness (QED) is 0.623. The van der Waals surface area contributed by atoms with Crippen LogP contribution in [-0.4, -0.2) is 6.04 Å². The van der Waals surface area contributed by atoms with E-state index >= 15 is 0 Å². The van der Waals surface area contributed by atoms with E-state index in [1.165, 1.54) is 37.7 Å². The molecule has 0 aromatic carbocycles. The van der Waals surface area contributed by atoms with Crippen LogP contribution in [0.3, 0.4) is 0 Å². The fourth-order valence-electron chi connectivity index (χ4n) is 3.06. The average Bonchev–Trinajstić information content (AvgIpc) is 2.83. The zero-order valence-electron chi connectivity index (χ0n) is 10.7. The van der Waals surface area contributed by atoms with Gasteiger partial charge in [0.2, 0.25) is 0 Å². The van der Waals surface area contributed by atoms with Crippen molar-refractivity contribution in [1.82, 2.24) is 5.43 Å². The Bertz CT molecular complexity index is 310. The van der Waals surface area contributed by atoms with Gasteiger partial charge in [-0.25, -0.2) is 0 Å². The molecule has 1 aromatic heterocycles. The minimum atomic E-state index is 0.498. The van der Waals surface area contributed by atoms with E-state index in [1.54, 1.807) is 11.3 Å². The van der Waals surface area contributed by atoms with Crippen LogP contribution in [0.4, 0.5) is 0 Å². The van der Waals surface area contributed by atoms with Crippen LogP contribution in [-0.2, 0) is 6.42 Å². The molecule has 1 fully saturated rings. The topological polar surface area (TPSA) is 38.0 Å². The van der Waals surface area contributed by atoms with Gasteiger partial charge in [-0.15, -0.1) is 0 Å². The maximum atomic E-state index is 5.74. The second-order valence-electron chi connectivity index (χ2n) is 5.48. The van der Waals surface area contributed by atoms with Crippen molar-refractivity contribution in [2.24, 2.45) is 17.7 Å². The first-order chi connectivity index (χ1) is 8.29. The van der Waals surface area contributed by atoms with E-state index in [-0.39, 0.29) is 0 Å². The van der Waals surface area contributed by atoms with Gasteiger partial charge in [0.25, 0.3) is 0 Å². The molecule has 0 spiro atoms. The molecule has 1 aliphatic carbocycles. The summed E-state index contributed by atoms with van der Waals surface area (Å²) in [5.41, 5.74) is 4.52. The largest absolute Gasteiger partial charge is 0.271 e.